The molecule has 108 valence electrons. The fraction of sp³-hybridized carbons (Fsp3) is 0.615. The van der Waals surface area contributed by atoms with Gasteiger partial charge in [-0.05, 0) is 25.1 Å². The van der Waals surface area contributed by atoms with Crippen LogP contribution in [0.3, 0.4) is 0 Å². The zero-order chi connectivity index (χ0) is 14.3. The largest absolute Gasteiger partial charge is 0.408 e. The van der Waals surface area contributed by atoms with Gasteiger partial charge in [0.2, 0.25) is 0 Å². The van der Waals surface area contributed by atoms with Crippen molar-refractivity contribution in [3.05, 3.63) is 10.5 Å². The van der Waals surface area contributed by atoms with E-state index in [1.807, 2.05) is 0 Å². The molecule has 7 heteroatoms. The van der Waals surface area contributed by atoms with E-state index in [0.717, 1.165) is 28.8 Å². The molecule has 2 aromatic heterocycles. The molecule has 1 fully saturated rings. The number of nitrogens with one attached hydrogen (secondary N) is 1. The number of hydrogen-bond acceptors (Lipinski definition) is 6. The summed E-state index contributed by atoms with van der Waals surface area (Å²) in [4.78, 5) is 8.46. The van der Waals surface area contributed by atoms with Crippen LogP contribution in [0, 0.1) is 4.84 Å². The predicted molar refractivity (Wildman–Crippen MR) is 82.9 cm³/mol. The Labute approximate surface area is 127 Å². The summed E-state index contributed by atoms with van der Waals surface area (Å²) < 4.78 is 5.48. The highest BCUT2D eigenvalue weighted by molar-refractivity contribution is 7.71. The van der Waals surface area contributed by atoms with Crippen molar-refractivity contribution >= 4 is 28.7 Å². The van der Waals surface area contributed by atoms with Gasteiger partial charge in [-0.1, -0.05) is 32.1 Å². The van der Waals surface area contributed by atoms with Crippen LogP contribution in [-0.4, -0.2) is 28.3 Å². The highest BCUT2D eigenvalue weighted by atomic mass is 32.1. The normalized spacial score (nSPS) is 16.1. The molecule has 1 saturated heterocycles. The second-order valence-corrected chi connectivity index (χ2v) is 7.38. The number of H-pyrrole nitrogens is 1. The maximum atomic E-state index is 5.48. The maximum Gasteiger partial charge on any atom is 0.284 e. The molecule has 0 radical (unpaired) electrons. The van der Waals surface area contributed by atoms with E-state index in [2.05, 4.69) is 35.9 Å². The third kappa shape index (κ3) is 2.52. The average Bonchev–Trinajstić information content (AvgIpc) is 3.06. The second kappa shape index (κ2) is 4.96. The third-order valence-electron chi connectivity index (χ3n) is 3.34. The van der Waals surface area contributed by atoms with Crippen molar-refractivity contribution in [1.82, 2.24) is 15.2 Å². The van der Waals surface area contributed by atoms with Gasteiger partial charge in [0.05, 0.1) is 5.69 Å². The molecule has 1 N–H and O–H groups in total. The Bertz CT molecular complexity index is 658. The van der Waals surface area contributed by atoms with E-state index in [1.54, 1.807) is 11.3 Å². The van der Waals surface area contributed by atoms with Crippen molar-refractivity contribution in [2.24, 2.45) is 0 Å². The minimum absolute atomic E-state index is 0.0557. The van der Waals surface area contributed by atoms with E-state index in [0.29, 0.717) is 10.7 Å². The SMILES string of the molecule is CC(C)(C)c1nc(N2CCCC2)sc1-c1n[nH]c(=S)o1. The number of hydrogen-bond donors (Lipinski definition) is 1. The molecular formula is C13H18N4OS2. The quantitative estimate of drug-likeness (QED) is 0.856. The van der Waals surface area contributed by atoms with Crippen LogP contribution in [0.1, 0.15) is 39.3 Å². The summed E-state index contributed by atoms with van der Waals surface area (Å²) in [6.45, 7) is 8.63. The summed E-state index contributed by atoms with van der Waals surface area (Å²) in [5, 5.41) is 7.91. The molecule has 3 rings (SSSR count). The number of thiazole rings is 1. The lowest BCUT2D eigenvalue weighted by Crippen LogP contribution is -2.18. The number of aromatic amines is 1. The Kier molecular flexibility index (Phi) is 3.41. The minimum atomic E-state index is -0.0557. The zero-order valence-electron chi connectivity index (χ0n) is 11.9. The van der Waals surface area contributed by atoms with Gasteiger partial charge in [-0.15, -0.1) is 5.10 Å². The highest BCUT2D eigenvalue weighted by Crippen LogP contribution is 2.40. The zero-order valence-corrected chi connectivity index (χ0v) is 13.5. The first-order valence-corrected chi connectivity index (χ1v) is 8.00. The van der Waals surface area contributed by atoms with E-state index >= 15 is 0 Å². The third-order valence-corrected chi connectivity index (χ3v) is 4.61. The fourth-order valence-electron chi connectivity index (χ4n) is 2.33. The van der Waals surface area contributed by atoms with Gasteiger partial charge in [0.1, 0.15) is 4.88 Å². The van der Waals surface area contributed by atoms with Crippen LogP contribution >= 0.6 is 23.6 Å². The minimum Gasteiger partial charge on any atom is -0.408 e. The first-order valence-electron chi connectivity index (χ1n) is 6.77. The lowest BCUT2D eigenvalue weighted by molar-refractivity contribution is 0.542. The van der Waals surface area contributed by atoms with Crippen LogP contribution in [0.5, 0.6) is 0 Å². The standard InChI is InChI=1S/C13H18N4OS2/c1-13(2,3)9-8(10-15-16-12(19)18-10)20-11(14-9)17-6-4-5-7-17/h4-7H2,1-3H3,(H,16,19). The molecular weight excluding hydrogens is 292 g/mol. The summed E-state index contributed by atoms with van der Waals surface area (Å²) >= 11 is 6.62. The summed E-state index contributed by atoms with van der Waals surface area (Å²) in [6.07, 6.45) is 2.48. The molecule has 1 aliphatic rings. The molecule has 0 bridgehead atoms. The Balaban J connectivity index is 2.09. The highest BCUT2D eigenvalue weighted by Gasteiger charge is 2.28. The molecule has 2 aromatic rings. The summed E-state index contributed by atoms with van der Waals surface area (Å²) in [5.41, 5.74) is 0.967. The summed E-state index contributed by atoms with van der Waals surface area (Å²) in [6, 6.07) is 0. The van der Waals surface area contributed by atoms with Crippen LogP contribution in [0.15, 0.2) is 4.42 Å². The van der Waals surface area contributed by atoms with Crippen molar-refractivity contribution in [3.63, 3.8) is 0 Å². The van der Waals surface area contributed by atoms with Gasteiger partial charge < -0.3 is 9.32 Å². The molecule has 0 atom stereocenters. The Morgan fingerprint density at radius 1 is 1.30 bits per heavy atom. The van der Waals surface area contributed by atoms with E-state index < -0.39 is 0 Å². The van der Waals surface area contributed by atoms with Crippen LogP contribution in [-0.2, 0) is 5.41 Å². The van der Waals surface area contributed by atoms with Crippen molar-refractivity contribution in [2.45, 2.75) is 39.0 Å². The van der Waals surface area contributed by atoms with Crippen LogP contribution in [0.2, 0.25) is 0 Å². The van der Waals surface area contributed by atoms with Crippen LogP contribution < -0.4 is 4.90 Å². The lowest BCUT2D eigenvalue weighted by Gasteiger charge is -2.17. The molecule has 0 amide bonds. The predicted octanol–water partition coefficient (Wildman–Crippen LogP) is 3.75. The number of rotatable bonds is 2. The second-order valence-electron chi connectivity index (χ2n) is 6.04. The van der Waals surface area contributed by atoms with E-state index in [9.17, 15) is 0 Å². The van der Waals surface area contributed by atoms with Gasteiger partial charge in [0.25, 0.3) is 10.7 Å². The average molecular weight is 310 g/mol. The van der Waals surface area contributed by atoms with Crippen LogP contribution in [0.4, 0.5) is 5.13 Å². The van der Waals surface area contributed by atoms with E-state index in [1.165, 1.54) is 12.8 Å². The van der Waals surface area contributed by atoms with Gasteiger partial charge >= 0.3 is 0 Å². The molecule has 1 aliphatic heterocycles. The first-order chi connectivity index (χ1) is 9.45. The first kappa shape index (κ1) is 13.8. The molecule has 3 heterocycles. The molecule has 0 saturated carbocycles. The van der Waals surface area contributed by atoms with Gasteiger partial charge in [0.15, 0.2) is 5.13 Å². The van der Waals surface area contributed by atoms with Crippen molar-refractivity contribution in [2.75, 3.05) is 18.0 Å². The molecule has 0 spiro atoms. The van der Waals surface area contributed by atoms with Crippen molar-refractivity contribution in [3.8, 4) is 10.8 Å². The molecule has 0 aliphatic carbocycles. The van der Waals surface area contributed by atoms with E-state index in [4.69, 9.17) is 21.6 Å². The summed E-state index contributed by atoms with van der Waals surface area (Å²) in [7, 11) is 0. The van der Waals surface area contributed by atoms with Gasteiger partial charge in [-0.25, -0.2) is 10.1 Å². The van der Waals surface area contributed by atoms with Crippen LogP contribution in [0.25, 0.3) is 10.8 Å². The number of nitrogens with zero attached hydrogens (tertiary/aromatic N) is 3. The number of anilines is 1. The monoisotopic (exact) mass is 310 g/mol. The van der Waals surface area contributed by atoms with Gasteiger partial charge in [-0.3, -0.25) is 0 Å². The Morgan fingerprint density at radius 3 is 2.55 bits per heavy atom. The van der Waals surface area contributed by atoms with Crippen molar-refractivity contribution in [1.29, 1.82) is 0 Å². The van der Waals surface area contributed by atoms with Gasteiger partial charge in [-0.2, -0.15) is 0 Å². The Hall–Kier alpha value is -1.21. The smallest absolute Gasteiger partial charge is 0.284 e. The molecule has 20 heavy (non-hydrogen) atoms. The molecule has 5 nitrogen and oxygen atoms in total. The fourth-order valence-corrected chi connectivity index (χ4v) is 3.71. The van der Waals surface area contributed by atoms with E-state index in [-0.39, 0.29) is 5.41 Å². The molecule has 0 unspecified atom stereocenters. The number of aromatic nitrogens is 3. The van der Waals surface area contributed by atoms with Crippen molar-refractivity contribution < 1.29 is 4.42 Å². The van der Waals surface area contributed by atoms with Gasteiger partial charge in [0, 0.05) is 18.5 Å². The molecule has 0 aromatic carbocycles. The maximum absolute atomic E-state index is 5.48. The summed E-state index contributed by atoms with van der Waals surface area (Å²) in [5.74, 6) is 0.544. The topological polar surface area (TPSA) is 58.0 Å². The Morgan fingerprint density at radius 2 is 2.00 bits per heavy atom. The lowest BCUT2D eigenvalue weighted by atomic mass is 9.91.